The standard InChI is InChI=1S/C12H20N2O3S2/c1-5-14-8-6-19(16,17)7-9(8)18-11(14)13-10(15)12(2,3)4/h8-9H,5-7H2,1-4H3/t8-,9+/m1/s1. The predicted octanol–water partition coefficient (Wildman–Crippen LogP) is 1.15. The molecule has 0 unspecified atom stereocenters. The van der Waals surface area contributed by atoms with Crippen molar-refractivity contribution in [3.8, 4) is 0 Å². The largest absolute Gasteiger partial charge is 0.346 e. The molecule has 5 nitrogen and oxygen atoms in total. The molecule has 2 saturated heterocycles. The van der Waals surface area contributed by atoms with Crippen LogP contribution in [0.15, 0.2) is 4.99 Å². The highest BCUT2D eigenvalue weighted by Gasteiger charge is 2.48. The summed E-state index contributed by atoms with van der Waals surface area (Å²) in [5, 5.41) is 0.712. The smallest absolute Gasteiger partial charge is 0.253 e. The second-order valence-corrected chi connectivity index (χ2v) is 9.40. The van der Waals surface area contributed by atoms with Crippen LogP contribution in [0.4, 0.5) is 0 Å². The van der Waals surface area contributed by atoms with E-state index in [1.807, 2.05) is 32.6 Å². The van der Waals surface area contributed by atoms with Crippen molar-refractivity contribution in [3.05, 3.63) is 0 Å². The molecule has 7 heteroatoms. The second-order valence-electron chi connectivity index (χ2n) is 6.04. The van der Waals surface area contributed by atoms with Crippen LogP contribution in [0, 0.1) is 5.41 Å². The van der Waals surface area contributed by atoms with E-state index < -0.39 is 15.3 Å². The zero-order valence-corrected chi connectivity index (χ0v) is 13.3. The Balaban J connectivity index is 2.23. The van der Waals surface area contributed by atoms with Gasteiger partial charge in [-0.3, -0.25) is 4.79 Å². The third-order valence-electron chi connectivity index (χ3n) is 3.35. The van der Waals surface area contributed by atoms with Crippen molar-refractivity contribution >= 4 is 32.7 Å². The number of hydrogen-bond donors (Lipinski definition) is 0. The fourth-order valence-electron chi connectivity index (χ4n) is 2.26. The zero-order valence-electron chi connectivity index (χ0n) is 11.7. The van der Waals surface area contributed by atoms with E-state index in [0.717, 1.165) is 0 Å². The maximum absolute atomic E-state index is 12.0. The number of amides is 1. The van der Waals surface area contributed by atoms with Crippen LogP contribution in [0.5, 0.6) is 0 Å². The van der Waals surface area contributed by atoms with Gasteiger partial charge in [-0.05, 0) is 6.92 Å². The zero-order chi connectivity index (χ0) is 14.4. The number of hydrogen-bond acceptors (Lipinski definition) is 4. The molecule has 19 heavy (non-hydrogen) atoms. The quantitative estimate of drug-likeness (QED) is 0.727. The summed E-state index contributed by atoms with van der Waals surface area (Å²) in [7, 11) is -2.93. The Labute approximate surface area is 118 Å². The van der Waals surface area contributed by atoms with Crippen LogP contribution >= 0.6 is 11.8 Å². The number of sulfone groups is 1. The van der Waals surface area contributed by atoms with E-state index in [-0.39, 0.29) is 28.7 Å². The molecule has 1 amide bonds. The van der Waals surface area contributed by atoms with E-state index in [1.54, 1.807) is 0 Å². The summed E-state index contributed by atoms with van der Waals surface area (Å²) in [5.41, 5.74) is -0.503. The highest BCUT2D eigenvalue weighted by molar-refractivity contribution is 8.15. The van der Waals surface area contributed by atoms with Crippen molar-refractivity contribution in [3.63, 3.8) is 0 Å². The van der Waals surface area contributed by atoms with E-state index in [0.29, 0.717) is 11.7 Å². The number of nitrogens with zero attached hydrogens (tertiary/aromatic N) is 2. The molecule has 108 valence electrons. The Morgan fingerprint density at radius 2 is 2.05 bits per heavy atom. The molecule has 2 atom stereocenters. The number of rotatable bonds is 1. The fraction of sp³-hybridized carbons (Fsp3) is 0.833. The van der Waals surface area contributed by atoms with Crippen LogP contribution in [0.1, 0.15) is 27.7 Å². The Morgan fingerprint density at radius 1 is 1.42 bits per heavy atom. The minimum atomic E-state index is -2.93. The van der Waals surface area contributed by atoms with Crippen molar-refractivity contribution in [1.82, 2.24) is 4.90 Å². The van der Waals surface area contributed by atoms with Crippen LogP contribution in [0.3, 0.4) is 0 Å². The van der Waals surface area contributed by atoms with Crippen molar-refractivity contribution < 1.29 is 13.2 Å². The van der Waals surface area contributed by atoms with Gasteiger partial charge in [0.25, 0.3) is 5.91 Å². The van der Waals surface area contributed by atoms with Gasteiger partial charge in [0, 0.05) is 17.2 Å². The average Bonchev–Trinajstić information content (AvgIpc) is 2.67. The number of amidine groups is 1. The fourth-order valence-corrected chi connectivity index (χ4v) is 6.27. The summed E-state index contributed by atoms with van der Waals surface area (Å²) < 4.78 is 23.3. The average molecular weight is 304 g/mol. The number of carbonyl (C=O) groups excluding carboxylic acids is 1. The molecule has 0 aromatic heterocycles. The van der Waals surface area contributed by atoms with E-state index in [9.17, 15) is 13.2 Å². The van der Waals surface area contributed by atoms with Gasteiger partial charge in [0.05, 0.1) is 17.5 Å². The van der Waals surface area contributed by atoms with Gasteiger partial charge in [0.1, 0.15) is 0 Å². The summed E-state index contributed by atoms with van der Waals surface area (Å²) in [4.78, 5) is 18.1. The summed E-state index contributed by atoms with van der Waals surface area (Å²) in [6.07, 6.45) is 0. The number of carbonyl (C=O) groups is 1. The summed E-state index contributed by atoms with van der Waals surface area (Å²) >= 11 is 1.44. The van der Waals surface area contributed by atoms with Crippen LogP contribution in [-0.4, -0.2) is 53.7 Å². The number of aliphatic imine (C=N–C) groups is 1. The molecule has 2 heterocycles. The first kappa shape index (κ1) is 14.8. The molecule has 0 radical (unpaired) electrons. The molecule has 0 saturated carbocycles. The third-order valence-corrected chi connectivity index (χ3v) is 6.60. The van der Waals surface area contributed by atoms with Crippen LogP contribution < -0.4 is 0 Å². The molecular weight excluding hydrogens is 284 g/mol. The third kappa shape index (κ3) is 2.97. The van der Waals surface area contributed by atoms with Crippen molar-refractivity contribution in [2.45, 2.75) is 39.0 Å². The topological polar surface area (TPSA) is 66.8 Å². The van der Waals surface area contributed by atoms with Crippen molar-refractivity contribution in [2.75, 3.05) is 18.1 Å². The van der Waals surface area contributed by atoms with Crippen molar-refractivity contribution in [1.29, 1.82) is 0 Å². The normalized spacial score (nSPS) is 31.8. The van der Waals surface area contributed by atoms with Gasteiger partial charge >= 0.3 is 0 Å². The van der Waals surface area contributed by atoms with Gasteiger partial charge in [-0.1, -0.05) is 32.5 Å². The minimum absolute atomic E-state index is 0.0217. The van der Waals surface area contributed by atoms with Crippen LogP contribution in [-0.2, 0) is 14.6 Å². The highest BCUT2D eigenvalue weighted by atomic mass is 32.2. The van der Waals surface area contributed by atoms with Crippen molar-refractivity contribution in [2.24, 2.45) is 10.4 Å². The summed E-state index contributed by atoms with van der Waals surface area (Å²) in [5.74, 6) is 0.222. The molecule has 0 aromatic carbocycles. The number of thioether (sulfide) groups is 1. The maximum atomic E-state index is 12.0. The van der Waals surface area contributed by atoms with E-state index in [4.69, 9.17) is 0 Å². The Bertz CT molecular complexity index is 520. The second kappa shape index (κ2) is 4.77. The Kier molecular flexibility index (Phi) is 3.72. The maximum Gasteiger partial charge on any atom is 0.253 e. The summed E-state index contributed by atoms with van der Waals surface area (Å²) in [6.45, 7) is 8.15. The van der Waals surface area contributed by atoms with Gasteiger partial charge in [-0.15, -0.1) is 0 Å². The van der Waals surface area contributed by atoms with Gasteiger partial charge < -0.3 is 4.90 Å². The highest BCUT2D eigenvalue weighted by Crippen LogP contribution is 2.38. The monoisotopic (exact) mass is 304 g/mol. The lowest BCUT2D eigenvalue weighted by atomic mass is 9.96. The summed E-state index contributed by atoms with van der Waals surface area (Å²) in [6, 6.07) is -0.0217. The Morgan fingerprint density at radius 3 is 2.58 bits per heavy atom. The van der Waals surface area contributed by atoms with Gasteiger partial charge in [-0.2, -0.15) is 4.99 Å². The lowest BCUT2D eigenvalue weighted by Crippen LogP contribution is -2.37. The molecule has 0 aliphatic carbocycles. The molecule has 0 bridgehead atoms. The van der Waals surface area contributed by atoms with E-state index in [2.05, 4.69) is 4.99 Å². The van der Waals surface area contributed by atoms with Gasteiger partial charge in [0.2, 0.25) is 0 Å². The van der Waals surface area contributed by atoms with Gasteiger partial charge in [0.15, 0.2) is 15.0 Å². The van der Waals surface area contributed by atoms with E-state index >= 15 is 0 Å². The molecule has 2 rings (SSSR count). The lowest BCUT2D eigenvalue weighted by molar-refractivity contribution is -0.124. The SMILES string of the molecule is CCN1C(=NC(=O)C(C)(C)C)S[C@H]2CS(=O)(=O)C[C@H]21. The van der Waals surface area contributed by atoms with E-state index in [1.165, 1.54) is 11.8 Å². The molecule has 2 aliphatic rings. The van der Waals surface area contributed by atoms with Crippen LogP contribution in [0.25, 0.3) is 0 Å². The van der Waals surface area contributed by atoms with Crippen LogP contribution in [0.2, 0.25) is 0 Å². The molecule has 2 fully saturated rings. The lowest BCUT2D eigenvalue weighted by Gasteiger charge is -2.23. The van der Waals surface area contributed by atoms with Gasteiger partial charge in [-0.25, -0.2) is 8.42 Å². The first-order valence-corrected chi connectivity index (χ1v) is 9.11. The molecular formula is C12H20N2O3S2. The Hall–Kier alpha value is -0.560. The molecule has 2 aliphatic heterocycles. The first-order valence-electron chi connectivity index (χ1n) is 6.41. The minimum Gasteiger partial charge on any atom is -0.346 e. The predicted molar refractivity (Wildman–Crippen MR) is 78.1 cm³/mol. The molecule has 0 aromatic rings. The number of fused-ring (bicyclic) bond motifs is 1. The first-order chi connectivity index (χ1) is 8.64. The molecule has 0 spiro atoms. The molecule has 0 N–H and O–H groups in total.